The highest BCUT2D eigenvalue weighted by Gasteiger charge is 2.06. The van der Waals surface area contributed by atoms with Crippen LogP contribution in [0.2, 0.25) is 0 Å². The predicted molar refractivity (Wildman–Crippen MR) is 91.9 cm³/mol. The molecule has 0 atom stereocenters. The summed E-state index contributed by atoms with van der Waals surface area (Å²) in [6.45, 7) is 7.96. The van der Waals surface area contributed by atoms with Gasteiger partial charge in [-0.15, -0.1) is 23.1 Å². The normalized spacial score (nSPS) is 10.5. The molecular weight excluding hydrogens is 268 g/mol. The number of azo groups is 1. The lowest BCUT2D eigenvalue weighted by Crippen LogP contribution is -1.86. The van der Waals surface area contributed by atoms with Crippen molar-refractivity contribution in [2.24, 2.45) is 10.2 Å². The van der Waals surface area contributed by atoms with E-state index in [2.05, 4.69) is 22.1 Å². The first kappa shape index (κ1) is 15.5. The highest BCUT2D eigenvalue weighted by Crippen LogP contribution is 2.30. The minimum atomic E-state index is 0.860. The van der Waals surface area contributed by atoms with E-state index in [4.69, 9.17) is 12.8 Å². The van der Waals surface area contributed by atoms with E-state index in [1.165, 1.54) is 0 Å². The Kier molecular flexibility index (Phi) is 4.44. The molecule has 0 aromatic heterocycles. The molecule has 0 fully saturated rings. The first-order valence-electron chi connectivity index (χ1n) is 7.03. The monoisotopic (exact) mass is 286 g/mol. The van der Waals surface area contributed by atoms with Gasteiger partial charge in [-0.1, -0.05) is 11.8 Å². The molecule has 0 aliphatic heterocycles. The Hall–Kier alpha value is -2.84. The van der Waals surface area contributed by atoms with Gasteiger partial charge in [-0.3, -0.25) is 0 Å². The van der Waals surface area contributed by atoms with Crippen molar-refractivity contribution in [3.63, 3.8) is 0 Å². The Morgan fingerprint density at radius 1 is 0.636 bits per heavy atom. The van der Waals surface area contributed by atoms with Crippen LogP contribution in [0, 0.1) is 52.4 Å². The zero-order valence-electron chi connectivity index (χ0n) is 13.4. The molecule has 0 saturated carbocycles. The van der Waals surface area contributed by atoms with Crippen molar-refractivity contribution in [3.8, 4) is 24.7 Å². The molecule has 108 valence electrons. The summed E-state index contributed by atoms with van der Waals surface area (Å²) < 4.78 is 0. The van der Waals surface area contributed by atoms with Crippen molar-refractivity contribution in [3.05, 3.63) is 57.6 Å². The third-order valence-corrected chi connectivity index (χ3v) is 3.57. The van der Waals surface area contributed by atoms with Crippen molar-refractivity contribution in [1.29, 1.82) is 0 Å². The fourth-order valence-corrected chi connectivity index (χ4v) is 2.49. The summed E-state index contributed by atoms with van der Waals surface area (Å²) in [6, 6.07) is 7.79. The van der Waals surface area contributed by atoms with Gasteiger partial charge in [-0.05, 0) is 74.2 Å². The lowest BCUT2D eigenvalue weighted by atomic mass is 10.0. The number of hydrogen-bond acceptors (Lipinski definition) is 2. The fraction of sp³-hybridized carbons (Fsp3) is 0.200. The Morgan fingerprint density at radius 3 is 1.14 bits per heavy atom. The number of aryl methyl sites for hydroxylation is 4. The van der Waals surface area contributed by atoms with Crippen LogP contribution in [0.15, 0.2) is 34.5 Å². The van der Waals surface area contributed by atoms with E-state index in [0.717, 1.165) is 44.8 Å². The predicted octanol–water partition coefficient (Wildman–Crippen LogP) is 5.30. The molecule has 2 nitrogen and oxygen atoms in total. The van der Waals surface area contributed by atoms with E-state index in [9.17, 15) is 0 Å². The standard InChI is InChI=1S/C20H18N2/c1-7-17-9-13(3)19(14(4)10-17)21-22-20-15(5)11-18(8-2)12-16(20)6/h1-2,9-12H,3-6H3. The topological polar surface area (TPSA) is 24.7 Å². The molecule has 0 amide bonds. The van der Waals surface area contributed by atoms with E-state index in [1.807, 2.05) is 52.0 Å². The molecule has 0 aliphatic rings. The second kappa shape index (κ2) is 6.29. The van der Waals surface area contributed by atoms with Gasteiger partial charge in [-0.2, -0.15) is 0 Å². The second-order valence-electron chi connectivity index (χ2n) is 5.41. The minimum absolute atomic E-state index is 0.860. The van der Waals surface area contributed by atoms with Gasteiger partial charge in [0.1, 0.15) is 0 Å². The van der Waals surface area contributed by atoms with Crippen molar-refractivity contribution in [2.75, 3.05) is 0 Å². The number of nitrogens with zero attached hydrogens (tertiary/aromatic N) is 2. The van der Waals surface area contributed by atoms with Crippen LogP contribution in [-0.4, -0.2) is 0 Å². The lowest BCUT2D eigenvalue weighted by Gasteiger charge is -2.07. The molecule has 22 heavy (non-hydrogen) atoms. The molecule has 2 rings (SSSR count). The molecule has 0 bridgehead atoms. The molecule has 0 saturated heterocycles. The largest absolute Gasteiger partial charge is 0.150 e. The summed E-state index contributed by atoms with van der Waals surface area (Å²) in [7, 11) is 0. The van der Waals surface area contributed by atoms with E-state index in [-0.39, 0.29) is 0 Å². The number of terminal acetylenes is 2. The van der Waals surface area contributed by atoms with Crippen LogP contribution in [0.3, 0.4) is 0 Å². The maximum absolute atomic E-state index is 5.45. The maximum Gasteiger partial charge on any atom is 0.0916 e. The average Bonchev–Trinajstić information content (AvgIpc) is 2.47. The zero-order chi connectivity index (χ0) is 16.3. The van der Waals surface area contributed by atoms with Crippen LogP contribution in [0.1, 0.15) is 33.4 Å². The smallest absolute Gasteiger partial charge is 0.0916 e. The highest BCUT2D eigenvalue weighted by atomic mass is 15.1. The van der Waals surface area contributed by atoms with E-state index in [1.54, 1.807) is 0 Å². The van der Waals surface area contributed by atoms with Gasteiger partial charge < -0.3 is 0 Å². The van der Waals surface area contributed by atoms with Crippen LogP contribution < -0.4 is 0 Å². The van der Waals surface area contributed by atoms with E-state index in [0.29, 0.717) is 0 Å². The first-order valence-corrected chi connectivity index (χ1v) is 7.03. The summed E-state index contributed by atoms with van der Waals surface area (Å²) in [5, 5.41) is 8.87. The summed E-state index contributed by atoms with van der Waals surface area (Å²) >= 11 is 0. The van der Waals surface area contributed by atoms with E-state index < -0.39 is 0 Å². The number of rotatable bonds is 2. The molecule has 2 heteroatoms. The third-order valence-electron chi connectivity index (χ3n) is 3.57. The van der Waals surface area contributed by atoms with Crippen molar-refractivity contribution in [1.82, 2.24) is 0 Å². The molecule has 2 aromatic rings. The van der Waals surface area contributed by atoms with Crippen LogP contribution in [0.5, 0.6) is 0 Å². The number of benzene rings is 2. The number of hydrogen-bond donors (Lipinski definition) is 0. The fourth-order valence-electron chi connectivity index (χ4n) is 2.49. The highest BCUT2D eigenvalue weighted by molar-refractivity contribution is 5.59. The molecular formula is C20H18N2. The summed E-state index contributed by atoms with van der Waals surface area (Å²) in [4.78, 5) is 0. The van der Waals surface area contributed by atoms with Crippen LogP contribution in [-0.2, 0) is 0 Å². The van der Waals surface area contributed by atoms with Crippen molar-refractivity contribution < 1.29 is 0 Å². The van der Waals surface area contributed by atoms with Crippen molar-refractivity contribution in [2.45, 2.75) is 27.7 Å². The van der Waals surface area contributed by atoms with Gasteiger partial charge in [0.25, 0.3) is 0 Å². The SMILES string of the molecule is C#Cc1cc(C)c(N=Nc2c(C)cc(C#C)cc2C)c(C)c1. The summed E-state index contributed by atoms with van der Waals surface area (Å²) in [5.41, 5.74) is 7.52. The molecule has 0 unspecified atom stereocenters. The molecule has 0 N–H and O–H groups in total. The Labute approximate surface area is 132 Å². The lowest BCUT2D eigenvalue weighted by molar-refractivity contribution is 1.15. The Morgan fingerprint density at radius 2 is 0.909 bits per heavy atom. The average molecular weight is 286 g/mol. The molecule has 0 spiro atoms. The maximum atomic E-state index is 5.45. The van der Waals surface area contributed by atoms with Gasteiger partial charge in [0.2, 0.25) is 0 Å². The second-order valence-corrected chi connectivity index (χ2v) is 5.41. The first-order chi connectivity index (χ1) is 10.5. The molecule has 0 heterocycles. The van der Waals surface area contributed by atoms with Crippen molar-refractivity contribution >= 4 is 11.4 Å². The van der Waals surface area contributed by atoms with Gasteiger partial charge in [0.05, 0.1) is 11.4 Å². The van der Waals surface area contributed by atoms with Crippen LogP contribution in [0.4, 0.5) is 11.4 Å². The molecule has 2 aromatic carbocycles. The third kappa shape index (κ3) is 3.08. The Balaban J connectivity index is 2.47. The van der Waals surface area contributed by atoms with Gasteiger partial charge in [0.15, 0.2) is 0 Å². The van der Waals surface area contributed by atoms with Gasteiger partial charge in [0, 0.05) is 11.1 Å². The quantitative estimate of drug-likeness (QED) is 0.529. The van der Waals surface area contributed by atoms with Crippen LogP contribution in [0.25, 0.3) is 0 Å². The molecule has 0 aliphatic carbocycles. The summed E-state index contributed by atoms with van der Waals surface area (Å²) in [5.74, 6) is 5.30. The van der Waals surface area contributed by atoms with Crippen LogP contribution >= 0.6 is 0 Å². The Bertz CT molecular complexity index is 725. The zero-order valence-corrected chi connectivity index (χ0v) is 13.4. The minimum Gasteiger partial charge on any atom is -0.150 e. The van der Waals surface area contributed by atoms with Gasteiger partial charge in [-0.25, -0.2) is 0 Å². The van der Waals surface area contributed by atoms with Gasteiger partial charge >= 0.3 is 0 Å². The summed E-state index contributed by atoms with van der Waals surface area (Å²) in [6.07, 6.45) is 10.9. The molecule has 0 radical (unpaired) electrons. The van der Waals surface area contributed by atoms with E-state index >= 15 is 0 Å².